The van der Waals surface area contributed by atoms with Crippen LogP contribution in [0.25, 0.3) is 0 Å². The molecule has 2 aromatic rings. The first-order valence-corrected chi connectivity index (χ1v) is 7.23. The summed E-state index contributed by atoms with van der Waals surface area (Å²) in [4.78, 5) is 23.1. The van der Waals surface area contributed by atoms with Crippen molar-refractivity contribution < 1.29 is 14.1 Å². The van der Waals surface area contributed by atoms with E-state index in [2.05, 4.69) is 15.8 Å². The second-order valence-corrected chi connectivity index (χ2v) is 5.45. The molecule has 114 valence electrons. The minimum absolute atomic E-state index is 0.128. The summed E-state index contributed by atoms with van der Waals surface area (Å²) in [5, 5.41) is 9.31. The van der Waals surface area contributed by atoms with Crippen LogP contribution in [0.3, 0.4) is 0 Å². The van der Waals surface area contributed by atoms with Crippen LogP contribution in [0.1, 0.15) is 47.5 Å². The standard InChI is InChI=1S/C16H17N3O3/c1-10(20)18-13-4-2-3-11(7-13)9-17-16(21)14-8-15(22-19-14)12-5-6-12/h2-4,7-8,12H,5-6,9H2,1H3,(H,17,21)(H,18,20). The van der Waals surface area contributed by atoms with Gasteiger partial charge in [-0.15, -0.1) is 0 Å². The Kier molecular flexibility index (Phi) is 3.91. The molecule has 1 aliphatic carbocycles. The van der Waals surface area contributed by atoms with E-state index in [1.165, 1.54) is 6.92 Å². The number of aromatic nitrogens is 1. The Balaban J connectivity index is 1.59. The monoisotopic (exact) mass is 299 g/mol. The Labute approximate surface area is 127 Å². The predicted molar refractivity (Wildman–Crippen MR) is 80.4 cm³/mol. The number of nitrogens with zero attached hydrogens (tertiary/aromatic N) is 1. The van der Waals surface area contributed by atoms with Gasteiger partial charge in [0.2, 0.25) is 5.91 Å². The van der Waals surface area contributed by atoms with E-state index >= 15 is 0 Å². The summed E-state index contributed by atoms with van der Waals surface area (Å²) in [5.41, 5.74) is 1.90. The Morgan fingerprint density at radius 3 is 2.86 bits per heavy atom. The average Bonchev–Trinajstić information content (AvgIpc) is 3.22. The van der Waals surface area contributed by atoms with Crippen LogP contribution in [-0.4, -0.2) is 17.0 Å². The molecule has 1 aromatic heterocycles. The zero-order chi connectivity index (χ0) is 15.5. The summed E-state index contributed by atoms with van der Waals surface area (Å²) in [6, 6.07) is 9.03. The van der Waals surface area contributed by atoms with Crippen molar-refractivity contribution in [3.63, 3.8) is 0 Å². The SMILES string of the molecule is CC(=O)Nc1cccc(CNC(=O)c2cc(C3CC3)on2)c1. The van der Waals surface area contributed by atoms with Crippen molar-refractivity contribution in [3.05, 3.63) is 47.3 Å². The molecule has 6 nitrogen and oxygen atoms in total. The van der Waals surface area contributed by atoms with Gasteiger partial charge < -0.3 is 15.2 Å². The molecular weight excluding hydrogens is 282 g/mol. The minimum atomic E-state index is -0.263. The Morgan fingerprint density at radius 2 is 2.14 bits per heavy atom. The zero-order valence-electron chi connectivity index (χ0n) is 12.3. The maximum absolute atomic E-state index is 12.0. The van der Waals surface area contributed by atoms with Gasteiger partial charge >= 0.3 is 0 Å². The average molecular weight is 299 g/mol. The third-order valence-electron chi connectivity index (χ3n) is 3.44. The van der Waals surface area contributed by atoms with Gasteiger partial charge in [0.25, 0.3) is 5.91 Å². The molecule has 2 N–H and O–H groups in total. The lowest BCUT2D eigenvalue weighted by Crippen LogP contribution is -2.23. The van der Waals surface area contributed by atoms with Crippen molar-refractivity contribution in [1.82, 2.24) is 10.5 Å². The topological polar surface area (TPSA) is 84.2 Å². The van der Waals surface area contributed by atoms with E-state index in [1.807, 2.05) is 18.2 Å². The fourth-order valence-corrected chi connectivity index (χ4v) is 2.19. The molecule has 1 aliphatic rings. The fourth-order valence-electron chi connectivity index (χ4n) is 2.19. The van der Waals surface area contributed by atoms with E-state index in [1.54, 1.807) is 12.1 Å². The fraction of sp³-hybridized carbons (Fsp3) is 0.312. The van der Waals surface area contributed by atoms with E-state index in [9.17, 15) is 9.59 Å². The zero-order valence-corrected chi connectivity index (χ0v) is 12.3. The van der Waals surface area contributed by atoms with Gasteiger partial charge in [-0.1, -0.05) is 17.3 Å². The van der Waals surface area contributed by atoms with Gasteiger partial charge in [-0.2, -0.15) is 0 Å². The third-order valence-corrected chi connectivity index (χ3v) is 3.44. The molecule has 0 saturated heterocycles. The molecule has 0 aliphatic heterocycles. The van der Waals surface area contributed by atoms with Crippen molar-refractivity contribution in [2.24, 2.45) is 0 Å². The van der Waals surface area contributed by atoms with Crippen molar-refractivity contribution >= 4 is 17.5 Å². The number of amides is 2. The molecule has 0 bridgehead atoms. The van der Waals surface area contributed by atoms with Crippen LogP contribution in [0, 0.1) is 0 Å². The highest BCUT2D eigenvalue weighted by molar-refractivity contribution is 5.92. The lowest BCUT2D eigenvalue weighted by atomic mass is 10.2. The van der Waals surface area contributed by atoms with Crippen LogP contribution in [-0.2, 0) is 11.3 Å². The van der Waals surface area contributed by atoms with Crippen LogP contribution in [0.4, 0.5) is 5.69 Å². The van der Waals surface area contributed by atoms with Gasteiger partial charge in [0, 0.05) is 31.1 Å². The number of carbonyl (C=O) groups excluding carboxylic acids is 2. The van der Waals surface area contributed by atoms with Crippen LogP contribution in [0.5, 0.6) is 0 Å². The second-order valence-electron chi connectivity index (χ2n) is 5.45. The summed E-state index contributed by atoms with van der Waals surface area (Å²) >= 11 is 0. The number of rotatable bonds is 5. The maximum Gasteiger partial charge on any atom is 0.273 e. The number of carbonyl (C=O) groups is 2. The second kappa shape index (κ2) is 6.01. The number of benzene rings is 1. The summed E-state index contributed by atoms with van der Waals surface area (Å²) in [5.74, 6) is 0.832. The molecular formula is C16H17N3O3. The van der Waals surface area contributed by atoms with Crippen molar-refractivity contribution in [1.29, 1.82) is 0 Å². The molecule has 1 heterocycles. The lowest BCUT2D eigenvalue weighted by Gasteiger charge is -2.06. The third kappa shape index (κ3) is 3.52. The maximum atomic E-state index is 12.0. The number of hydrogen-bond donors (Lipinski definition) is 2. The van der Waals surface area contributed by atoms with Crippen molar-refractivity contribution in [3.8, 4) is 0 Å². The molecule has 3 rings (SSSR count). The van der Waals surface area contributed by atoms with E-state index in [4.69, 9.17) is 4.52 Å². The molecule has 22 heavy (non-hydrogen) atoms. The van der Waals surface area contributed by atoms with Gasteiger partial charge in [0.15, 0.2) is 5.69 Å². The molecule has 6 heteroatoms. The highest BCUT2D eigenvalue weighted by Gasteiger charge is 2.28. The smallest absolute Gasteiger partial charge is 0.273 e. The van der Waals surface area contributed by atoms with Crippen LogP contribution >= 0.6 is 0 Å². The molecule has 0 unspecified atom stereocenters. The quantitative estimate of drug-likeness (QED) is 0.888. The Hall–Kier alpha value is -2.63. The summed E-state index contributed by atoms with van der Waals surface area (Å²) in [6.07, 6.45) is 2.21. The first-order chi connectivity index (χ1) is 10.6. The number of hydrogen-bond acceptors (Lipinski definition) is 4. The van der Waals surface area contributed by atoms with Crippen LogP contribution in [0.2, 0.25) is 0 Å². The predicted octanol–water partition coefficient (Wildman–Crippen LogP) is 2.44. The Morgan fingerprint density at radius 1 is 1.32 bits per heavy atom. The molecule has 1 fully saturated rings. The van der Waals surface area contributed by atoms with Crippen molar-refractivity contribution in [2.75, 3.05) is 5.32 Å². The minimum Gasteiger partial charge on any atom is -0.360 e. The number of nitrogens with one attached hydrogen (secondary N) is 2. The van der Waals surface area contributed by atoms with E-state index in [-0.39, 0.29) is 11.8 Å². The van der Waals surface area contributed by atoms with Gasteiger partial charge in [0.1, 0.15) is 5.76 Å². The molecule has 0 radical (unpaired) electrons. The first-order valence-electron chi connectivity index (χ1n) is 7.23. The van der Waals surface area contributed by atoms with Crippen LogP contribution < -0.4 is 10.6 Å². The molecule has 2 amide bonds. The van der Waals surface area contributed by atoms with Gasteiger partial charge in [-0.3, -0.25) is 9.59 Å². The van der Waals surface area contributed by atoms with E-state index < -0.39 is 0 Å². The van der Waals surface area contributed by atoms with Gasteiger partial charge in [-0.05, 0) is 30.5 Å². The van der Waals surface area contributed by atoms with E-state index in [0.717, 1.165) is 24.2 Å². The van der Waals surface area contributed by atoms with Crippen molar-refractivity contribution in [2.45, 2.75) is 32.2 Å². The largest absolute Gasteiger partial charge is 0.360 e. The molecule has 0 spiro atoms. The van der Waals surface area contributed by atoms with Gasteiger partial charge in [0.05, 0.1) is 0 Å². The Bertz CT molecular complexity index is 704. The first kappa shape index (κ1) is 14.3. The highest BCUT2D eigenvalue weighted by atomic mass is 16.5. The molecule has 1 aromatic carbocycles. The lowest BCUT2D eigenvalue weighted by molar-refractivity contribution is -0.114. The summed E-state index contributed by atoms with van der Waals surface area (Å²) in [7, 11) is 0. The highest BCUT2D eigenvalue weighted by Crippen LogP contribution is 2.40. The number of anilines is 1. The molecule has 0 atom stereocenters. The normalized spacial score (nSPS) is 13.7. The van der Waals surface area contributed by atoms with Gasteiger partial charge in [-0.25, -0.2) is 0 Å². The summed E-state index contributed by atoms with van der Waals surface area (Å²) < 4.78 is 5.17. The van der Waals surface area contributed by atoms with Crippen LogP contribution in [0.15, 0.2) is 34.9 Å². The molecule has 1 saturated carbocycles. The van der Waals surface area contributed by atoms with E-state index in [0.29, 0.717) is 23.8 Å². The summed E-state index contributed by atoms with van der Waals surface area (Å²) in [6.45, 7) is 1.81.